The number of aryl methyl sites for hydroxylation is 2. The summed E-state index contributed by atoms with van der Waals surface area (Å²) in [5, 5.41) is 0. The molecule has 3 rings (SSSR count). The summed E-state index contributed by atoms with van der Waals surface area (Å²) in [5.41, 5.74) is 2.52. The molecule has 0 amide bonds. The van der Waals surface area contributed by atoms with Crippen molar-refractivity contribution in [1.82, 2.24) is 4.72 Å². The lowest BCUT2D eigenvalue weighted by Crippen LogP contribution is -2.30. The van der Waals surface area contributed by atoms with Gasteiger partial charge in [0.1, 0.15) is 5.82 Å². The van der Waals surface area contributed by atoms with Gasteiger partial charge >= 0.3 is 0 Å². The lowest BCUT2D eigenvalue weighted by molar-refractivity contribution is 0.0993. The maximum atomic E-state index is 14.5. The number of Topliss-reactive ketones (excluding diaryl/α,β-unsaturated/α-hetero) is 1. The fourth-order valence-electron chi connectivity index (χ4n) is 2.89. The van der Waals surface area contributed by atoms with Gasteiger partial charge in [0.05, 0.1) is 17.0 Å². The van der Waals surface area contributed by atoms with Crippen LogP contribution in [0.5, 0.6) is 0 Å². The highest BCUT2D eigenvalue weighted by Crippen LogP contribution is 2.25. The molecule has 0 spiro atoms. The van der Waals surface area contributed by atoms with Gasteiger partial charge in [0.25, 0.3) is 0 Å². The second-order valence-corrected chi connectivity index (χ2v) is 8.35. The van der Waals surface area contributed by atoms with E-state index in [4.69, 9.17) is 0 Å². The fraction of sp³-hybridized carbons (Fsp3) is 0.136. The molecule has 3 aromatic carbocycles. The first-order chi connectivity index (χ1) is 13.3. The highest BCUT2D eigenvalue weighted by Gasteiger charge is 2.20. The summed E-state index contributed by atoms with van der Waals surface area (Å²) in [5.74, 6) is -1.27. The summed E-state index contributed by atoms with van der Waals surface area (Å²) in [6, 6.07) is 18.8. The number of sulfonamides is 1. The number of hydrogen-bond acceptors (Lipinski definition) is 3. The minimum Gasteiger partial charge on any atom is -0.293 e. The summed E-state index contributed by atoms with van der Waals surface area (Å²) >= 11 is 0. The molecule has 0 saturated carbocycles. The van der Waals surface area contributed by atoms with Gasteiger partial charge in [-0.1, -0.05) is 42.5 Å². The molecule has 0 unspecified atom stereocenters. The van der Waals surface area contributed by atoms with Crippen LogP contribution in [0.15, 0.2) is 71.6 Å². The van der Waals surface area contributed by atoms with Gasteiger partial charge in [0.2, 0.25) is 10.0 Å². The summed E-state index contributed by atoms with van der Waals surface area (Å²) in [4.78, 5) is 12.6. The van der Waals surface area contributed by atoms with E-state index in [9.17, 15) is 17.6 Å². The van der Waals surface area contributed by atoms with E-state index in [1.165, 1.54) is 18.2 Å². The second kappa shape index (κ2) is 8.04. The summed E-state index contributed by atoms with van der Waals surface area (Å²) in [6.45, 7) is 2.83. The highest BCUT2D eigenvalue weighted by atomic mass is 32.2. The predicted octanol–water partition coefficient (Wildman–Crippen LogP) is 4.27. The van der Waals surface area contributed by atoms with Crippen LogP contribution in [0.4, 0.5) is 4.39 Å². The monoisotopic (exact) mass is 397 g/mol. The fourth-order valence-corrected chi connectivity index (χ4v) is 3.98. The van der Waals surface area contributed by atoms with Crippen LogP contribution in [0.2, 0.25) is 0 Å². The predicted molar refractivity (Wildman–Crippen MR) is 107 cm³/mol. The van der Waals surface area contributed by atoms with Gasteiger partial charge < -0.3 is 0 Å². The number of nitrogens with one attached hydrogen (secondary N) is 1. The van der Waals surface area contributed by atoms with E-state index < -0.39 is 28.2 Å². The van der Waals surface area contributed by atoms with E-state index in [0.717, 1.165) is 11.1 Å². The number of carbonyl (C=O) groups is 1. The lowest BCUT2D eigenvalue weighted by atomic mass is 9.98. The van der Waals surface area contributed by atoms with Gasteiger partial charge in [-0.15, -0.1) is 0 Å². The SMILES string of the molecule is Cc1cccc(S(=O)(=O)NCC(=O)c2cc(-c3ccccc3)cc(C)c2F)c1. The molecule has 144 valence electrons. The molecule has 4 nitrogen and oxygen atoms in total. The Morgan fingerprint density at radius 2 is 1.64 bits per heavy atom. The van der Waals surface area contributed by atoms with Crippen LogP contribution in [-0.2, 0) is 10.0 Å². The van der Waals surface area contributed by atoms with Crippen molar-refractivity contribution in [1.29, 1.82) is 0 Å². The van der Waals surface area contributed by atoms with E-state index >= 15 is 0 Å². The molecule has 1 N–H and O–H groups in total. The van der Waals surface area contributed by atoms with Crippen molar-refractivity contribution in [2.24, 2.45) is 0 Å². The molecule has 0 fully saturated rings. The van der Waals surface area contributed by atoms with Gasteiger partial charge in [-0.25, -0.2) is 17.5 Å². The quantitative estimate of drug-likeness (QED) is 0.632. The van der Waals surface area contributed by atoms with Crippen molar-refractivity contribution in [3.05, 3.63) is 89.2 Å². The Kier molecular flexibility index (Phi) is 5.72. The zero-order valence-electron chi connectivity index (χ0n) is 15.6. The van der Waals surface area contributed by atoms with Crippen molar-refractivity contribution in [3.63, 3.8) is 0 Å². The second-order valence-electron chi connectivity index (χ2n) is 6.58. The van der Waals surface area contributed by atoms with Crippen molar-refractivity contribution in [3.8, 4) is 11.1 Å². The highest BCUT2D eigenvalue weighted by molar-refractivity contribution is 7.89. The molecule has 28 heavy (non-hydrogen) atoms. The maximum absolute atomic E-state index is 14.5. The Hall–Kier alpha value is -2.83. The van der Waals surface area contributed by atoms with Crippen molar-refractivity contribution in [2.75, 3.05) is 6.54 Å². The third-order valence-electron chi connectivity index (χ3n) is 4.38. The third-order valence-corrected chi connectivity index (χ3v) is 5.78. The molecule has 0 atom stereocenters. The van der Waals surface area contributed by atoms with Crippen LogP contribution in [-0.4, -0.2) is 20.7 Å². The minimum absolute atomic E-state index is 0.0648. The molecule has 0 radical (unpaired) electrons. The van der Waals surface area contributed by atoms with Gasteiger partial charge in [-0.05, 0) is 60.4 Å². The third kappa shape index (κ3) is 4.35. The van der Waals surface area contributed by atoms with Crippen molar-refractivity contribution < 1.29 is 17.6 Å². The van der Waals surface area contributed by atoms with Crippen LogP contribution in [0.3, 0.4) is 0 Å². The molecule has 3 aromatic rings. The summed E-state index contributed by atoms with van der Waals surface area (Å²) in [7, 11) is -3.86. The Balaban J connectivity index is 1.85. The lowest BCUT2D eigenvalue weighted by Gasteiger charge is -2.11. The Morgan fingerprint density at radius 1 is 0.929 bits per heavy atom. The molecule has 0 aromatic heterocycles. The molecule has 0 aliphatic heterocycles. The first kappa shape index (κ1) is 19.9. The number of benzene rings is 3. The molecule has 0 heterocycles. The smallest absolute Gasteiger partial charge is 0.240 e. The van der Waals surface area contributed by atoms with Crippen molar-refractivity contribution in [2.45, 2.75) is 18.7 Å². The van der Waals surface area contributed by atoms with Gasteiger partial charge in [-0.3, -0.25) is 4.79 Å². The topological polar surface area (TPSA) is 63.2 Å². The standard InChI is InChI=1S/C22H20FNO3S/c1-15-7-6-10-19(11-15)28(26,27)24-14-21(25)20-13-18(12-16(2)22(20)23)17-8-4-3-5-9-17/h3-13,24H,14H2,1-2H3. The zero-order chi connectivity index (χ0) is 20.3. The molecular weight excluding hydrogens is 377 g/mol. The van der Waals surface area contributed by atoms with Crippen LogP contribution in [0, 0.1) is 19.7 Å². The number of carbonyl (C=O) groups excluding carboxylic acids is 1. The maximum Gasteiger partial charge on any atom is 0.240 e. The average Bonchev–Trinajstić information content (AvgIpc) is 2.69. The van der Waals surface area contributed by atoms with Gasteiger partial charge in [0.15, 0.2) is 5.78 Å². The van der Waals surface area contributed by atoms with Gasteiger partial charge in [-0.2, -0.15) is 0 Å². The van der Waals surface area contributed by atoms with E-state index in [1.807, 2.05) is 30.3 Å². The number of halogens is 1. The van der Waals surface area contributed by atoms with E-state index in [-0.39, 0.29) is 10.5 Å². The van der Waals surface area contributed by atoms with Crippen LogP contribution < -0.4 is 4.72 Å². The van der Waals surface area contributed by atoms with Crippen LogP contribution in [0.25, 0.3) is 11.1 Å². The number of hydrogen-bond donors (Lipinski definition) is 1. The van der Waals surface area contributed by atoms with Crippen LogP contribution >= 0.6 is 0 Å². The zero-order valence-corrected chi connectivity index (χ0v) is 16.4. The minimum atomic E-state index is -3.86. The normalized spacial score (nSPS) is 11.4. The van der Waals surface area contributed by atoms with Crippen molar-refractivity contribution >= 4 is 15.8 Å². The first-order valence-corrected chi connectivity index (χ1v) is 10.2. The molecule has 0 bridgehead atoms. The molecule has 0 aliphatic carbocycles. The average molecular weight is 397 g/mol. The molecule has 6 heteroatoms. The summed E-state index contributed by atoms with van der Waals surface area (Å²) in [6.07, 6.45) is 0. The summed E-state index contributed by atoms with van der Waals surface area (Å²) < 4.78 is 41.6. The van der Waals surface area contributed by atoms with E-state index in [0.29, 0.717) is 11.1 Å². The first-order valence-electron chi connectivity index (χ1n) is 8.73. The largest absolute Gasteiger partial charge is 0.293 e. The Labute approximate surface area is 164 Å². The number of ketones is 1. The molecule has 0 saturated heterocycles. The van der Waals surface area contributed by atoms with E-state index in [1.54, 1.807) is 32.0 Å². The van der Waals surface area contributed by atoms with E-state index in [2.05, 4.69) is 4.72 Å². The van der Waals surface area contributed by atoms with Gasteiger partial charge in [0, 0.05) is 0 Å². The van der Waals surface area contributed by atoms with Crippen LogP contribution in [0.1, 0.15) is 21.5 Å². The molecule has 0 aliphatic rings. The Bertz CT molecular complexity index is 1130. The number of rotatable bonds is 6. The Morgan fingerprint density at radius 3 is 2.32 bits per heavy atom. The molecular formula is C22H20FNO3S.